The molecule has 1 unspecified atom stereocenters. The number of nitrogen functional groups attached to an aromatic ring is 1. The highest BCUT2D eigenvalue weighted by atomic mass is 15.6. The van der Waals surface area contributed by atoms with E-state index in [4.69, 9.17) is 11.1 Å². The van der Waals surface area contributed by atoms with Crippen molar-refractivity contribution in [3.63, 3.8) is 0 Å². The van der Waals surface area contributed by atoms with Gasteiger partial charge >= 0.3 is 0 Å². The smallest absolute Gasteiger partial charge is 0.0649 e. The summed E-state index contributed by atoms with van der Waals surface area (Å²) in [6.45, 7) is 11.2. The standard InChI is InChI=1S/C20H27N5/c1-4-14(2)9-16-11-17-12-24(7-8-25(17)23-16)13-20(22)18-6-5-15(3)10-19(18)21/h4-6,9-11,16,22-23H,1,7-8,12-13,21H2,2-3H3/b14-9+,22-20?. The molecular formula is C20H27N5. The van der Waals surface area contributed by atoms with Crippen LogP contribution in [0.15, 0.2) is 54.3 Å². The second-order valence-corrected chi connectivity index (χ2v) is 6.86. The number of allylic oxidation sites excluding steroid dienone is 2. The molecule has 5 nitrogen and oxygen atoms in total. The molecule has 0 aromatic heterocycles. The molecule has 132 valence electrons. The molecule has 1 aromatic carbocycles. The van der Waals surface area contributed by atoms with Crippen molar-refractivity contribution in [3.05, 3.63) is 65.4 Å². The molecule has 0 aliphatic carbocycles. The minimum atomic E-state index is 0.222. The van der Waals surface area contributed by atoms with Gasteiger partial charge in [0.1, 0.15) is 0 Å². The lowest BCUT2D eigenvalue weighted by atomic mass is 10.0. The zero-order valence-corrected chi connectivity index (χ0v) is 15.0. The minimum Gasteiger partial charge on any atom is -0.398 e. The maximum Gasteiger partial charge on any atom is 0.0649 e. The van der Waals surface area contributed by atoms with E-state index in [-0.39, 0.29) is 6.04 Å². The summed E-state index contributed by atoms with van der Waals surface area (Å²) in [6, 6.07) is 6.13. The predicted octanol–water partition coefficient (Wildman–Crippen LogP) is 2.47. The molecule has 0 bridgehead atoms. The normalized spacial score (nSPS) is 21.0. The molecular weight excluding hydrogens is 310 g/mol. The van der Waals surface area contributed by atoms with Crippen LogP contribution in [0.25, 0.3) is 0 Å². The van der Waals surface area contributed by atoms with Crippen LogP contribution < -0.4 is 11.2 Å². The number of nitrogens with one attached hydrogen (secondary N) is 2. The topological polar surface area (TPSA) is 68.4 Å². The maximum atomic E-state index is 8.43. The van der Waals surface area contributed by atoms with Crippen molar-refractivity contribution in [3.8, 4) is 0 Å². The summed E-state index contributed by atoms with van der Waals surface area (Å²) in [5.74, 6) is 0. The zero-order chi connectivity index (χ0) is 18.0. The lowest BCUT2D eigenvalue weighted by Gasteiger charge is -2.35. The molecule has 0 spiro atoms. The van der Waals surface area contributed by atoms with Gasteiger partial charge in [-0.1, -0.05) is 36.4 Å². The third-order valence-electron chi connectivity index (χ3n) is 4.73. The van der Waals surface area contributed by atoms with E-state index in [1.807, 2.05) is 31.2 Å². The molecule has 2 aliphatic rings. The number of hydrogen-bond acceptors (Lipinski definition) is 5. The molecule has 1 aromatic rings. The Morgan fingerprint density at radius 2 is 2.24 bits per heavy atom. The van der Waals surface area contributed by atoms with E-state index >= 15 is 0 Å². The van der Waals surface area contributed by atoms with E-state index in [9.17, 15) is 0 Å². The van der Waals surface area contributed by atoms with E-state index in [1.165, 1.54) is 11.3 Å². The number of rotatable bonds is 5. The first-order chi connectivity index (χ1) is 12.0. The number of piperazine rings is 1. The molecule has 1 saturated heterocycles. The Balaban J connectivity index is 1.65. The van der Waals surface area contributed by atoms with Crippen LogP contribution in [0.5, 0.6) is 0 Å². The molecule has 4 N–H and O–H groups in total. The Hall–Kier alpha value is -2.37. The Morgan fingerprint density at radius 3 is 2.96 bits per heavy atom. The van der Waals surface area contributed by atoms with Gasteiger partial charge in [-0.2, -0.15) is 0 Å². The lowest BCUT2D eigenvalue weighted by Crippen LogP contribution is -2.49. The molecule has 5 heteroatoms. The highest BCUT2D eigenvalue weighted by molar-refractivity contribution is 6.04. The van der Waals surface area contributed by atoms with Crippen molar-refractivity contribution >= 4 is 11.4 Å². The van der Waals surface area contributed by atoms with E-state index < -0.39 is 0 Å². The van der Waals surface area contributed by atoms with Gasteiger partial charge in [-0.05, 0) is 31.6 Å². The first kappa shape index (κ1) is 17.5. The van der Waals surface area contributed by atoms with Crippen molar-refractivity contribution < 1.29 is 0 Å². The second kappa shape index (κ2) is 7.25. The largest absolute Gasteiger partial charge is 0.398 e. The fourth-order valence-electron chi connectivity index (χ4n) is 3.33. The molecule has 0 amide bonds. The van der Waals surface area contributed by atoms with Crippen molar-refractivity contribution in [2.75, 3.05) is 31.9 Å². The first-order valence-electron chi connectivity index (χ1n) is 8.68. The average Bonchev–Trinajstić information content (AvgIpc) is 2.95. The number of hydrazine groups is 1. The van der Waals surface area contributed by atoms with Crippen LogP contribution in [-0.2, 0) is 0 Å². The van der Waals surface area contributed by atoms with Gasteiger partial charge in [0, 0.05) is 43.1 Å². The average molecular weight is 337 g/mol. The van der Waals surface area contributed by atoms with Crippen LogP contribution in [0.2, 0.25) is 0 Å². The van der Waals surface area contributed by atoms with Crippen LogP contribution in [0, 0.1) is 12.3 Å². The molecule has 0 saturated carbocycles. The van der Waals surface area contributed by atoms with Crippen molar-refractivity contribution in [1.29, 1.82) is 5.41 Å². The second-order valence-electron chi connectivity index (χ2n) is 6.86. The van der Waals surface area contributed by atoms with E-state index in [1.54, 1.807) is 0 Å². The minimum absolute atomic E-state index is 0.222. The number of benzene rings is 1. The van der Waals surface area contributed by atoms with Gasteiger partial charge in [0.25, 0.3) is 0 Å². The van der Waals surface area contributed by atoms with Crippen LogP contribution in [-0.4, -0.2) is 47.8 Å². The van der Waals surface area contributed by atoms with E-state index in [0.29, 0.717) is 17.9 Å². The Bertz CT molecular complexity index is 746. The van der Waals surface area contributed by atoms with E-state index in [2.05, 4.69) is 41.0 Å². The fraction of sp³-hybridized carbons (Fsp3) is 0.350. The van der Waals surface area contributed by atoms with Crippen molar-refractivity contribution in [2.24, 2.45) is 0 Å². The molecule has 25 heavy (non-hydrogen) atoms. The third kappa shape index (κ3) is 4.00. The van der Waals surface area contributed by atoms with Crippen LogP contribution in [0.3, 0.4) is 0 Å². The number of anilines is 1. The monoisotopic (exact) mass is 337 g/mol. The Labute approximate surface area is 150 Å². The van der Waals surface area contributed by atoms with Crippen LogP contribution in [0.1, 0.15) is 18.1 Å². The van der Waals surface area contributed by atoms with Gasteiger partial charge in [0.05, 0.1) is 11.8 Å². The zero-order valence-electron chi connectivity index (χ0n) is 15.0. The van der Waals surface area contributed by atoms with Gasteiger partial charge in [-0.25, -0.2) is 5.43 Å². The lowest BCUT2D eigenvalue weighted by molar-refractivity contribution is 0.160. The van der Waals surface area contributed by atoms with Gasteiger partial charge in [0.2, 0.25) is 0 Å². The summed E-state index contributed by atoms with van der Waals surface area (Å²) in [7, 11) is 0. The van der Waals surface area contributed by atoms with E-state index in [0.717, 1.165) is 30.8 Å². The molecule has 1 fully saturated rings. The highest BCUT2D eigenvalue weighted by Gasteiger charge is 2.28. The molecule has 2 heterocycles. The quantitative estimate of drug-likeness (QED) is 0.439. The molecule has 1 atom stereocenters. The summed E-state index contributed by atoms with van der Waals surface area (Å²) in [6.07, 6.45) is 6.30. The van der Waals surface area contributed by atoms with Crippen LogP contribution >= 0.6 is 0 Å². The van der Waals surface area contributed by atoms with Crippen molar-refractivity contribution in [2.45, 2.75) is 19.9 Å². The molecule has 2 aliphatic heterocycles. The Morgan fingerprint density at radius 1 is 1.44 bits per heavy atom. The summed E-state index contributed by atoms with van der Waals surface area (Å²) >= 11 is 0. The number of nitrogens with two attached hydrogens (primary N) is 1. The third-order valence-corrected chi connectivity index (χ3v) is 4.73. The van der Waals surface area contributed by atoms with Crippen LogP contribution in [0.4, 0.5) is 5.69 Å². The van der Waals surface area contributed by atoms with Gasteiger partial charge < -0.3 is 16.2 Å². The number of fused-ring (bicyclic) bond motifs is 1. The summed E-state index contributed by atoms with van der Waals surface area (Å²) in [5.41, 5.74) is 15.3. The molecule has 3 rings (SSSR count). The van der Waals surface area contributed by atoms with Crippen molar-refractivity contribution in [1.82, 2.24) is 15.3 Å². The summed E-state index contributed by atoms with van der Waals surface area (Å²) in [4.78, 5) is 2.30. The fourth-order valence-corrected chi connectivity index (χ4v) is 3.33. The number of nitrogens with zero attached hydrogens (tertiary/aromatic N) is 2. The van der Waals surface area contributed by atoms with Gasteiger partial charge in [0.15, 0.2) is 0 Å². The summed E-state index contributed by atoms with van der Waals surface area (Å²) in [5, 5.41) is 10.7. The first-order valence-corrected chi connectivity index (χ1v) is 8.68. The Kier molecular flexibility index (Phi) is 5.06. The summed E-state index contributed by atoms with van der Waals surface area (Å²) < 4.78 is 0. The number of hydrogen-bond donors (Lipinski definition) is 3. The molecule has 0 radical (unpaired) electrons. The number of aryl methyl sites for hydroxylation is 1. The highest BCUT2D eigenvalue weighted by Crippen LogP contribution is 2.20. The predicted molar refractivity (Wildman–Crippen MR) is 105 cm³/mol. The van der Waals surface area contributed by atoms with Gasteiger partial charge in [-0.15, -0.1) is 0 Å². The SMILES string of the molecule is C=C/C(C)=C/C1C=C2CN(CC(=N)c3ccc(C)cc3N)CCN2N1. The maximum absolute atomic E-state index is 8.43. The van der Waals surface area contributed by atoms with Gasteiger partial charge in [-0.3, -0.25) is 4.90 Å².